The van der Waals surface area contributed by atoms with Gasteiger partial charge in [0, 0.05) is 19.4 Å². The van der Waals surface area contributed by atoms with E-state index in [0.29, 0.717) is 17.5 Å². The first kappa shape index (κ1) is 12.0. The molecule has 1 rings (SSSR count). The van der Waals surface area contributed by atoms with Crippen LogP contribution in [0.15, 0.2) is 11.5 Å². The van der Waals surface area contributed by atoms with Crippen LogP contribution in [-0.2, 0) is 16.6 Å². The van der Waals surface area contributed by atoms with E-state index in [1.54, 1.807) is 18.7 Å². The van der Waals surface area contributed by atoms with Crippen LogP contribution in [0, 0.1) is 0 Å². The fraction of sp³-hybridized carbons (Fsp3) is 0.625. The summed E-state index contributed by atoms with van der Waals surface area (Å²) in [6.45, 7) is 2.15. The van der Waals surface area contributed by atoms with Crippen molar-refractivity contribution in [2.45, 2.75) is 18.2 Å². The molecule has 0 fully saturated rings. The Bertz CT molecular complexity index is 329. The molecular formula is C8H13N3O3S. The summed E-state index contributed by atoms with van der Waals surface area (Å²) in [4.78, 5) is 14.7. The van der Waals surface area contributed by atoms with Crippen molar-refractivity contribution < 1.29 is 14.6 Å². The Kier molecular flexibility index (Phi) is 4.57. The molecule has 1 aromatic heterocycles. The van der Waals surface area contributed by atoms with E-state index >= 15 is 0 Å². The minimum atomic E-state index is -0.952. The van der Waals surface area contributed by atoms with E-state index < -0.39 is 12.1 Å². The number of rotatable bonds is 6. The summed E-state index contributed by atoms with van der Waals surface area (Å²) in [5.74, 6) is -0.623. The summed E-state index contributed by atoms with van der Waals surface area (Å²) in [6.07, 6.45) is 0.635. The number of aliphatic carboxylic acids is 1. The molecule has 0 saturated carbocycles. The van der Waals surface area contributed by atoms with Gasteiger partial charge in [0.2, 0.25) is 0 Å². The van der Waals surface area contributed by atoms with E-state index in [1.165, 1.54) is 18.1 Å². The number of ether oxygens (including phenoxy) is 1. The SMILES string of the molecule is CCOC(CSc1ncnn1C)C(=O)O. The maximum absolute atomic E-state index is 10.8. The van der Waals surface area contributed by atoms with Gasteiger partial charge in [-0.1, -0.05) is 11.8 Å². The number of aromatic nitrogens is 3. The van der Waals surface area contributed by atoms with Gasteiger partial charge in [0.15, 0.2) is 11.3 Å². The van der Waals surface area contributed by atoms with E-state index in [1.807, 2.05) is 0 Å². The second kappa shape index (κ2) is 5.72. The molecule has 1 N–H and O–H groups in total. The molecule has 7 heteroatoms. The lowest BCUT2D eigenvalue weighted by molar-refractivity contribution is -0.148. The van der Waals surface area contributed by atoms with Gasteiger partial charge in [0.1, 0.15) is 6.33 Å². The molecule has 1 atom stereocenters. The van der Waals surface area contributed by atoms with Gasteiger partial charge in [0.05, 0.1) is 0 Å². The smallest absolute Gasteiger partial charge is 0.333 e. The number of thioether (sulfide) groups is 1. The average molecular weight is 231 g/mol. The van der Waals surface area contributed by atoms with E-state index in [9.17, 15) is 4.79 Å². The van der Waals surface area contributed by atoms with Crippen LogP contribution in [0.2, 0.25) is 0 Å². The molecule has 15 heavy (non-hydrogen) atoms. The summed E-state index contributed by atoms with van der Waals surface area (Å²) >= 11 is 1.31. The van der Waals surface area contributed by atoms with Crippen LogP contribution in [0.25, 0.3) is 0 Å². The van der Waals surface area contributed by atoms with E-state index in [2.05, 4.69) is 10.1 Å². The van der Waals surface area contributed by atoms with Crippen LogP contribution >= 0.6 is 11.8 Å². The molecule has 0 saturated heterocycles. The van der Waals surface area contributed by atoms with Crippen molar-refractivity contribution in [3.8, 4) is 0 Å². The summed E-state index contributed by atoms with van der Waals surface area (Å²) in [6, 6.07) is 0. The normalized spacial score (nSPS) is 12.7. The molecule has 0 aliphatic heterocycles. The molecule has 0 radical (unpaired) electrons. The number of aryl methyl sites for hydroxylation is 1. The Balaban J connectivity index is 2.47. The third kappa shape index (κ3) is 3.52. The summed E-state index contributed by atoms with van der Waals surface area (Å²) in [5.41, 5.74) is 0. The molecule has 0 aliphatic carbocycles. The third-order valence-electron chi connectivity index (χ3n) is 1.68. The van der Waals surface area contributed by atoms with Crippen LogP contribution < -0.4 is 0 Å². The quantitative estimate of drug-likeness (QED) is 0.714. The predicted molar refractivity (Wildman–Crippen MR) is 54.8 cm³/mol. The minimum absolute atomic E-state index is 0.329. The Labute approximate surface area is 91.6 Å². The molecule has 6 nitrogen and oxygen atoms in total. The van der Waals surface area contributed by atoms with Gasteiger partial charge in [-0.3, -0.25) is 0 Å². The monoisotopic (exact) mass is 231 g/mol. The summed E-state index contributed by atoms with van der Waals surface area (Å²) < 4.78 is 6.66. The van der Waals surface area contributed by atoms with Crippen LogP contribution in [0.5, 0.6) is 0 Å². The molecule has 0 spiro atoms. The second-order valence-corrected chi connectivity index (χ2v) is 3.75. The van der Waals surface area contributed by atoms with Crippen molar-refractivity contribution in [1.29, 1.82) is 0 Å². The number of carboxylic acids is 1. The first-order chi connectivity index (χ1) is 7.15. The molecule has 84 valence electrons. The van der Waals surface area contributed by atoms with Crippen molar-refractivity contribution in [3.05, 3.63) is 6.33 Å². The lowest BCUT2D eigenvalue weighted by Crippen LogP contribution is -2.26. The molecule has 0 bridgehead atoms. The largest absolute Gasteiger partial charge is 0.479 e. The lowest BCUT2D eigenvalue weighted by atomic mass is 10.4. The van der Waals surface area contributed by atoms with Crippen molar-refractivity contribution in [3.63, 3.8) is 0 Å². The fourth-order valence-electron chi connectivity index (χ4n) is 0.958. The maximum atomic E-state index is 10.8. The van der Waals surface area contributed by atoms with Gasteiger partial charge in [-0.05, 0) is 6.92 Å². The van der Waals surface area contributed by atoms with Crippen LogP contribution in [0.1, 0.15) is 6.92 Å². The zero-order valence-corrected chi connectivity index (χ0v) is 9.40. The highest BCUT2D eigenvalue weighted by Crippen LogP contribution is 2.15. The standard InChI is InChI=1S/C8H13N3O3S/c1-3-14-6(7(12)13)4-15-8-9-5-10-11(8)2/h5-6H,3-4H2,1-2H3,(H,12,13). The molecule has 1 unspecified atom stereocenters. The van der Waals surface area contributed by atoms with Gasteiger partial charge in [0.25, 0.3) is 0 Å². The molecule has 0 aliphatic rings. The van der Waals surface area contributed by atoms with Gasteiger partial charge >= 0.3 is 5.97 Å². The second-order valence-electron chi connectivity index (χ2n) is 2.76. The Morgan fingerprint density at radius 2 is 2.53 bits per heavy atom. The zero-order valence-electron chi connectivity index (χ0n) is 8.58. The van der Waals surface area contributed by atoms with Crippen molar-refractivity contribution in [2.24, 2.45) is 7.05 Å². The van der Waals surface area contributed by atoms with Crippen molar-refractivity contribution in [2.75, 3.05) is 12.4 Å². The maximum Gasteiger partial charge on any atom is 0.333 e. The van der Waals surface area contributed by atoms with E-state index in [4.69, 9.17) is 9.84 Å². The number of carboxylic acid groups (broad SMARTS) is 1. The molecule has 0 aromatic carbocycles. The van der Waals surface area contributed by atoms with Crippen LogP contribution in [-0.4, -0.2) is 44.3 Å². The van der Waals surface area contributed by atoms with Crippen molar-refractivity contribution >= 4 is 17.7 Å². The third-order valence-corrected chi connectivity index (χ3v) is 2.77. The Morgan fingerprint density at radius 1 is 1.80 bits per heavy atom. The van der Waals surface area contributed by atoms with Gasteiger partial charge in [-0.15, -0.1) is 0 Å². The zero-order chi connectivity index (χ0) is 11.3. The summed E-state index contributed by atoms with van der Waals surface area (Å²) in [5, 5.41) is 13.4. The Hall–Kier alpha value is -1.08. The first-order valence-electron chi connectivity index (χ1n) is 4.46. The number of hydrogen-bond donors (Lipinski definition) is 1. The fourth-order valence-corrected chi connectivity index (χ4v) is 1.85. The molecule has 1 heterocycles. The summed E-state index contributed by atoms with van der Waals surface area (Å²) in [7, 11) is 1.76. The topological polar surface area (TPSA) is 77.2 Å². The highest BCUT2D eigenvalue weighted by molar-refractivity contribution is 7.99. The molecule has 1 aromatic rings. The Morgan fingerprint density at radius 3 is 3.00 bits per heavy atom. The highest BCUT2D eigenvalue weighted by atomic mass is 32.2. The number of nitrogens with zero attached hydrogens (tertiary/aromatic N) is 3. The first-order valence-corrected chi connectivity index (χ1v) is 5.45. The van der Waals surface area contributed by atoms with E-state index in [-0.39, 0.29) is 0 Å². The van der Waals surface area contributed by atoms with Crippen LogP contribution in [0.3, 0.4) is 0 Å². The predicted octanol–water partition coefficient (Wildman–Crippen LogP) is 0.397. The number of hydrogen-bond acceptors (Lipinski definition) is 5. The van der Waals surface area contributed by atoms with Crippen molar-refractivity contribution in [1.82, 2.24) is 14.8 Å². The van der Waals surface area contributed by atoms with Gasteiger partial charge in [-0.2, -0.15) is 5.10 Å². The molecule has 0 amide bonds. The van der Waals surface area contributed by atoms with Gasteiger partial charge in [-0.25, -0.2) is 14.5 Å². The average Bonchev–Trinajstić information content (AvgIpc) is 2.58. The lowest BCUT2D eigenvalue weighted by Gasteiger charge is -2.10. The van der Waals surface area contributed by atoms with Gasteiger partial charge < -0.3 is 9.84 Å². The minimum Gasteiger partial charge on any atom is -0.479 e. The van der Waals surface area contributed by atoms with Crippen LogP contribution in [0.4, 0.5) is 0 Å². The van der Waals surface area contributed by atoms with E-state index in [0.717, 1.165) is 0 Å². The number of carbonyl (C=O) groups is 1. The molecular weight excluding hydrogens is 218 g/mol. The highest BCUT2D eigenvalue weighted by Gasteiger charge is 2.18.